The van der Waals surface area contributed by atoms with Gasteiger partial charge in [-0.15, -0.1) is 11.8 Å². The van der Waals surface area contributed by atoms with E-state index in [0.717, 1.165) is 49.5 Å². The Morgan fingerprint density at radius 3 is 2.67 bits per heavy atom. The quantitative estimate of drug-likeness (QED) is 0.483. The van der Waals surface area contributed by atoms with Crippen LogP contribution in [0.3, 0.4) is 0 Å². The van der Waals surface area contributed by atoms with Crippen LogP contribution in [0.1, 0.15) is 56.1 Å². The summed E-state index contributed by atoms with van der Waals surface area (Å²) in [7, 11) is 0. The first-order valence-electron chi connectivity index (χ1n) is 8.64. The van der Waals surface area contributed by atoms with E-state index >= 15 is 0 Å². The van der Waals surface area contributed by atoms with Gasteiger partial charge in [0.1, 0.15) is 12.1 Å². The zero-order chi connectivity index (χ0) is 17.0. The van der Waals surface area contributed by atoms with E-state index in [1.165, 1.54) is 19.3 Å². The lowest BCUT2D eigenvalue weighted by atomic mass is 10.1. The highest BCUT2D eigenvalue weighted by atomic mass is 32.2. The van der Waals surface area contributed by atoms with Crippen molar-refractivity contribution in [2.75, 3.05) is 19.0 Å². The average Bonchev–Trinajstić information content (AvgIpc) is 2.64. The van der Waals surface area contributed by atoms with Gasteiger partial charge in [0.15, 0.2) is 6.29 Å². The van der Waals surface area contributed by atoms with E-state index < -0.39 is 0 Å². The van der Waals surface area contributed by atoms with E-state index in [9.17, 15) is 0 Å². The standard InChI is InChI=1S/C19H24N2O2S/c20-14-16-8-9-18(13-17(16)15-21)24-12-6-2-1-4-10-22-19-7-3-5-11-23-19/h8-9,13,19H,1-7,10-12H2. The fourth-order valence-corrected chi connectivity index (χ4v) is 3.56. The summed E-state index contributed by atoms with van der Waals surface area (Å²) in [6, 6.07) is 9.57. The third-order valence-corrected chi connectivity index (χ3v) is 5.06. The molecule has 1 unspecified atom stereocenters. The Bertz CT molecular complexity index is 586. The summed E-state index contributed by atoms with van der Waals surface area (Å²) in [6.07, 6.45) is 8.02. The summed E-state index contributed by atoms with van der Waals surface area (Å²) in [6.45, 7) is 1.63. The molecule has 0 aromatic heterocycles. The summed E-state index contributed by atoms with van der Waals surface area (Å²) in [4.78, 5) is 1.06. The highest BCUT2D eigenvalue weighted by Gasteiger charge is 2.13. The molecule has 1 aromatic carbocycles. The highest BCUT2D eigenvalue weighted by molar-refractivity contribution is 7.99. The minimum atomic E-state index is 0.0278. The number of benzene rings is 1. The number of ether oxygens (including phenoxy) is 2. The Balaban J connectivity index is 1.52. The Kier molecular flexibility index (Phi) is 8.70. The molecule has 1 aliphatic heterocycles. The third-order valence-electron chi connectivity index (χ3n) is 3.98. The smallest absolute Gasteiger partial charge is 0.157 e. The van der Waals surface area contributed by atoms with Gasteiger partial charge in [-0.3, -0.25) is 0 Å². The molecule has 0 N–H and O–H groups in total. The van der Waals surface area contributed by atoms with Crippen LogP contribution in [0, 0.1) is 22.7 Å². The molecule has 1 atom stereocenters. The Labute approximate surface area is 148 Å². The number of nitriles is 2. The minimum absolute atomic E-state index is 0.0278. The second-order valence-electron chi connectivity index (χ2n) is 5.86. The van der Waals surface area contributed by atoms with Gasteiger partial charge in [-0.05, 0) is 56.1 Å². The number of rotatable bonds is 9. The van der Waals surface area contributed by atoms with Gasteiger partial charge in [-0.2, -0.15) is 10.5 Å². The van der Waals surface area contributed by atoms with Gasteiger partial charge in [0.05, 0.1) is 11.1 Å². The molecule has 0 bridgehead atoms. The fourth-order valence-electron chi connectivity index (χ4n) is 2.61. The van der Waals surface area contributed by atoms with Crippen molar-refractivity contribution in [3.05, 3.63) is 29.3 Å². The second-order valence-corrected chi connectivity index (χ2v) is 7.03. The summed E-state index contributed by atoms with van der Waals surface area (Å²) in [5.74, 6) is 1.03. The molecule has 4 nitrogen and oxygen atoms in total. The second kappa shape index (κ2) is 11.1. The largest absolute Gasteiger partial charge is 0.353 e. The van der Waals surface area contributed by atoms with Crippen LogP contribution in [0.25, 0.3) is 0 Å². The number of nitrogens with zero attached hydrogens (tertiary/aromatic N) is 2. The summed E-state index contributed by atoms with van der Waals surface area (Å²) >= 11 is 1.74. The molecule has 0 saturated carbocycles. The fraction of sp³-hybridized carbons (Fsp3) is 0.579. The predicted molar refractivity (Wildman–Crippen MR) is 94.6 cm³/mol. The van der Waals surface area contributed by atoms with Crippen LogP contribution in [0.2, 0.25) is 0 Å². The van der Waals surface area contributed by atoms with Gasteiger partial charge in [-0.1, -0.05) is 12.8 Å². The lowest BCUT2D eigenvalue weighted by Crippen LogP contribution is -2.22. The van der Waals surface area contributed by atoms with Crippen molar-refractivity contribution in [3.8, 4) is 12.1 Å². The molecule has 1 saturated heterocycles. The van der Waals surface area contributed by atoms with Gasteiger partial charge < -0.3 is 9.47 Å². The number of hydrogen-bond acceptors (Lipinski definition) is 5. The molecule has 5 heteroatoms. The van der Waals surface area contributed by atoms with Crippen molar-refractivity contribution in [1.29, 1.82) is 10.5 Å². The van der Waals surface area contributed by atoms with Crippen LogP contribution >= 0.6 is 11.8 Å². The zero-order valence-electron chi connectivity index (χ0n) is 14.0. The third kappa shape index (κ3) is 6.53. The van der Waals surface area contributed by atoms with Gasteiger partial charge in [0.25, 0.3) is 0 Å². The van der Waals surface area contributed by atoms with Crippen molar-refractivity contribution < 1.29 is 9.47 Å². The average molecular weight is 344 g/mol. The van der Waals surface area contributed by atoms with Gasteiger partial charge in [0.2, 0.25) is 0 Å². The van der Waals surface area contributed by atoms with E-state index in [1.54, 1.807) is 23.9 Å². The van der Waals surface area contributed by atoms with Gasteiger partial charge in [-0.25, -0.2) is 0 Å². The molecule has 0 amide bonds. The first kappa shape index (κ1) is 18.8. The molecule has 1 aromatic rings. The maximum absolute atomic E-state index is 9.03. The lowest BCUT2D eigenvalue weighted by Gasteiger charge is -2.22. The lowest BCUT2D eigenvalue weighted by molar-refractivity contribution is -0.162. The highest BCUT2D eigenvalue weighted by Crippen LogP contribution is 2.22. The van der Waals surface area contributed by atoms with Crippen LogP contribution in [-0.4, -0.2) is 25.3 Å². The van der Waals surface area contributed by atoms with Crippen molar-refractivity contribution in [1.82, 2.24) is 0 Å². The van der Waals surface area contributed by atoms with Gasteiger partial charge >= 0.3 is 0 Å². The normalized spacial score (nSPS) is 17.2. The van der Waals surface area contributed by atoms with Crippen molar-refractivity contribution in [2.24, 2.45) is 0 Å². The SMILES string of the molecule is N#Cc1ccc(SCCCCCCOC2CCCCO2)cc1C#N. The molecule has 24 heavy (non-hydrogen) atoms. The molecule has 128 valence electrons. The Hall–Kier alpha value is -1.53. The maximum Gasteiger partial charge on any atom is 0.157 e. The predicted octanol–water partition coefficient (Wildman–Crippen LogP) is 4.63. The molecule has 1 heterocycles. The molecule has 1 fully saturated rings. The van der Waals surface area contributed by atoms with Crippen molar-refractivity contribution >= 4 is 11.8 Å². The number of unbranched alkanes of at least 4 members (excludes halogenated alkanes) is 3. The molecular formula is C19H24N2O2S. The summed E-state index contributed by atoms with van der Waals surface area (Å²) in [5, 5.41) is 17.9. The van der Waals surface area contributed by atoms with Crippen LogP contribution < -0.4 is 0 Å². The Morgan fingerprint density at radius 1 is 1.08 bits per heavy atom. The minimum Gasteiger partial charge on any atom is -0.353 e. The number of thioether (sulfide) groups is 1. The molecule has 0 aliphatic carbocycles. The summed E-state index contributed by atoms with van der Waals surface area (Å²) in [5.41, 5.74) is 0.911. The first-order chi connectivity index (χ1) is 11.8. The van der Waals surface area contributed by atoms with Crippen molar-refractivity contribution in [3.63, 3.8) is 0 Å². The van der Waals surface area contributed by atoms with E-state index in [0.29, 0.717) is 11.1 Å². The van der Waals surface area contributed by atoms with Crippen molar-refractivity contribution in [2.45, 2.75) is 56.1 Å². The van der Waals surface area contributed by atoms with E-state index in [-0.39, 0.29) is 6.29 Å². The number of hydrogen-bond donors (Lipinski definition) is 0. The molecule has 2 rings (SSSR count). The monoisotopic (exact) mass is 344 g/mol. The van der Waals surface area contributed by atoms with E-state index in [2.05, 4.69) is 6.07 Å². The van der Waals surface area contributed by atoms with Crippen LogP contribution in [0.15, 0.2) is 23.1 Å². The molecule has 0 spiro atoms. The Morgan fingerprint density at radius 2 is 1.92 bits per heavy atom. The van der Waals surface area contributed by atoms with E-state index in [4.69, 9.17) is 20.0 Å². The molecule has 0 radical (unpaired) electrons. The maximum atomic E-state index is 9.03. The summed E-state index contributed by atoms with van der Waals surface area (Å²) < 4.78 is 11.3. The van der Waals surface area contributed by atoms with Crippen LogP contribution in [-0.2, 0) is 9.47 Å². The topological polar surface area (TPSA) is 66.0 Å². The van der Waals surface area contributed by atoms with Gasteiger partial charge in [0, 0.05) is 18.1 Å². The van der Waals surface area contributed by atoms with Crippen LogP contribution in [0.5, 0.6) is 0 Å². The first-order valence-corrected chi connectivity index (χ1v) is 9.62. The zero-order valence-corrected chi connectivity index (χ0v) is 14.8. The molecular weight excluding hydrogens is 320 g/mol. The molecule has 1 aliphatic rings. The van der Waals surface area contributed by atoms with E-state index in [1.807, 2.05) is 12.1 Å². The van der Waals surface area contributed by atoms with Crippen LogP contribution in [0.4, 0.5) is 0 Å².